The van der Waals surface area contributed by atoms with Crippen LogP contribution in [0.25, 0.3) is 0 Å². The number of hydrogen-bond acceptors (Lipinski definition) is 2. The van der Waals surface area contributed by atoms with Gasteiger partial charge in [0.2, 0.25) is 0 Å². The first kappa shape index (κ1) is 12.9. The third-order valence-corrected chi connectivity index (χ3v) is 2.24. The van der Waals surface area contributed by atoms with Gasteiger partial charge in [-0.15, -0.1) is 0 Å². The van der Waals surface area contributed by atoms with Crippen LogP contribution in [0.4, 0.5) is 0 Å². The molecule has 0 saturated heterocycles. The summed E-state index contributed by atoms with van der Waals surface area (Å²) in [6.07, 6.45) is 2.40. The lowest BCUT2D eigenvalue weighted by molar-refractivity contribution is 0.105. The van der Waals surface area contributed by atoms with Crippen LogP contribution in [0.3, 0.4) is 0 Å². The lowest BCUT2D eigenvalue weighted by Gasteiger charge is -2.15. The summed E-state index contributed by atoms with van der Waals surface area (Å²) in [4.78, 5) is 0. The van der Waals surface area contributed by atoms with E-state index in [1.165, 1.54) is 6.42 Å². The maximum Gasteiger partial charge on any atom is 0.0619 e. The van der Waals surface area contributed by atoms with E-state index < -0.39 is 0 Å². The van der Waals surface area contributed by atoms with Crippen molar-refractivity contribution in [2.45, 2.75) is 46.6 Å². The Bertz CT molecular complexity index is 113. The average molecular weight is 187 g/mol. The number of hydrogen-bond donors (Lipinski definition) is 1. The first-order chi connectivity index (χ1) is 6.04. The first-order valence-electron chi connectivity index (χ1n) is 5.37. The van der Waals surface area contributed by atoms with Gasteiger partial charge in [0.15, 0.2) is 0 Å². The van der Waals surface area contributed by atoms with E-state index in [0.29, 0.717) is 12.5 Å². The monoisotopic (exact) mass is 187 g/mol. The van der Waals surface area contributed by atoms with Gasteiger partial charge in [-0.3, -0.25) is 0 Å². The Balaban J connectivity index is 3.16. The maximum absolute atomic E-state index is 5.83. The Morgan fingerprint density at radius 2 is 1.77 bits per heavy atom. The molecule has 0 bridgehead atoms. The zero-order valence-electron chi connectivity index (χ0n) is 9.55. The molecule has 0 rings (SSSR count). The molecule has 1 atom stereocenters. The first-order valence-corrected chi connectivity index (χ1v) is 5.37. The molecule has 0 aromatic heterocycles. The molecule has 0 amide bonds. The molecule has 0 aromatic rings. The summed E-state index contributed by atoms with van der Waals surface area (Å²) in [5.74, 6) is 1.30. The lowest BCUT2D eigenvalue weighted by atomic mass is 10.1. The van der Waals surface area contributed by atoms with Crippen LogP contribution in [0.2, 0.25) is 0 Å². The molecule has 80 valence electrons. The van der Waals surface area contributed by atoms with Crippen molar-refractivity contribution in [2.75, 3.05) is 13.2 Å². The minimum absolute atomic E-state index is 0.194. The summed E-state index contributed by atoms with van der Waals surface area (Å²) in [5.41, 5.74) is 5.83. The summed E-state index contributed by atoms with van der Waals surface area (Å²) in [7, 11) is 0. The van der Waals surface area contributed by atoms with Gasteiger partial charge in [0, 0.05) is 12.6 Å². The van der Waals surface area contributed by atoms with Crippen LogP contribution in [0.15, 0.2) is 0 Å². The zero-order valence-corrected chi connectivity index (χ0v) is 9.55. The number of nitrogens with two attached hydrogens (primary N) is 1. The zero-order chi connectivity index (χ0) is 10.3. The van der Waals surface area contributed by atoms with Crippen molar-refractivity contribution in [3.63, 3.8) is 0 Å². The largest absolute Gasteiger partial charge is 0.380 e. The van der Waals surface area contributed by atoms with Gasteiger partial charge in [-0.05, 0) is 24.7 Å². The molecule has 0 spiro atoms. The standard InChI is InChI=1S/C11H25NO/c1-9(2)6-5-7-13-8-11(12)10(3)4/h9-11H,5-8,12H2,1-4H3. The van der Waals surface area contributed by atoms with E-state index in [-0.39, 0.29) is 6.04 Å². The number of ether oxygens (including phenoxy) is 1. The summed E-state index contributed by atoms with van der Waals surface area (Å²) < 4.78 is 5.48. The second-order valence-electron chi connectivity index (χ2n) is 4.52. The van der Waals surface area contributed by atoms with Crippen molar-refractivity contribution >= 4 is 0 Å². The van der Waals surface area contributed by atoms with Gasteiger partial charge in [-0.1, -0.05) is 27.7 Å². The third-order valence-electron chi connectivity index (χ3n) is 2.24. The molecule has 13 heavy (non-hydrogen) atoms. The molecule has 0 radical (unpaired) electrons. The third kappa shape index (κ3) is 8.26. The molecule has 0 aliphatic rings. The van der Waals surface area contributed by atoms with Crippen LogP contribution < -0.4 is 5.73 Å². The highest BCUT2D eigenvalue weighted by atomic mass is 16.5. The van der Waals surface area contributed by atoms with Crippen molar-refractivity contribution in [1.29, 1.82) is 0 Å². The quantitative estimate of drug-likeness (QED) is 0.621. The Hall–Kier alpha value is -0.0800. The minimum Gasteiger partial charge on any atom is -0.380 e. The van der Waals surface area contributed by atoms with E-state index in [0.717, 1.165) is 18.9 Å². The van der Waals surface area contributed by atoms with E-state index in [9.17, 15) is 0 Å². The van der Waals surface area contributed by atoms with E-state index in [2.05, 4.69) is 27.7 Å². The molecule has 0 aliphatic carbocycles. The normalized spacial score (nSPS) is 14.1. The molecule has 0 aliphatic heterocycles. The minimum atomic E-state index is 0.194. The fourth-order valence-corrected chi connectivity index (χ4v) is 1.01. The fraction of sp³-hybridized carbons (Fsp3) is 1.00. The lowest BCUT2D eigenvalue weighted by Crippen LogP contribution is -2.31. The Morgan fingerprint density at radius 3 is 2.23 bits per heavy atom. The van der Waals surface area contributed by atoms with Crippen molar-refractivity contribution in [2.24, 2.45) is 17.6 Å². The van der Waals surface area contributed by atoms with Gasteiger partial charge >= 0.3 is 0 Å². The highest BCUT2D eigenvalue weighted by Gasteiger charge is 2.06. The van der Waals surface area contributed by atoms with E-state index in [1.54, 1.807) is 0 Å². The van der Waals surface area contributed by atoms with Crippen LogP contribution >= 0.6 is 0 Å². The van der Waals surface area contributed by atoms with Crippen molar-refractivity contribution < 1.29 is 4.74 Å². The summed E-state index contributed by atoms with van der Waals surface area (Å²) in [6, 6.07) is 0.194. The average Bonchev–Trinajstić information content (AvgIpc) is 2.02. The van der Waals surface area contributed by atoms with Crippen LogP contribution in [0.1, 0.15) is 40.5 Å². The summed E-state index contributed by atoms with van der Waals surface area (Å²) in [5, 5.41) is 0. The van der Waals surface area contributed by atoms with E-state index in [1.807, 2.05) is 0 Å². The maximum atomic E-state index is 5.83. The molecule has 0 saturated carbocycles. The van der Waals surface area contributed by atoms with Crippen molar-refractivity contribution in [1.82, 2.24) is 0 Å². The predicted octanol–water partition coefficient (Wildman–Crippen LogP) is 2.42. The molecular formula is C11H25NO. The Labute approximate surface area is 82.8 Å². The summed E-state index contributed by atoms with van der Waals surface area (Å²) >= 11 is 0. The smallest absolute Gasteiger partial charge is 0.0619 e. The second kappa shape index (κ2) is 7.34. The Morgan fingerprint density at radius 1 is 1.15 bits per heavy atom. The van der Waals surface area contributed by atoms with Gasteiger partial charge in [-0.2, -0.15) is 0 Å². The SMILES string of the molecule is CC(C)CCCOCC(N)C(C)C. The van der Waals surface area contributed by atoms with Crippen molar-refractivity contribution in [3.05, 3.63) is 0 Å². The van der Waals surface area contributed by atoms with Gasteiger partial charge in [-0.25, -0.2) is 0 Å². The van der Waals surface area contributed by atoms with Crippen LogP contribution in [-0.2, 0) is 4.74 Å². The van der Waals surface area contributed by atoms with Crippen LogP contribution in [0.5, 0.6) is 0 Å². The summed E-state index contributed by atoms with van der Waals surface area (Å²) in [6.45, 7) is 10.3. The predicted molar refractivity (Wildman–Crippen MR) is 57.7 cm³/mol. The van der Waals surface area contributed by atoms with Crippen LogP contribution in [0, 0.1) is 11.8 Å². The molecular weight excluding hydrogens is 162 g/mol. The van der Waals surface area contributed by atoms with E-state index >= 15 is 0 Å². The van der Waals surface area contributed by atoms with E-state index in [4.69, 9.17) is 10.5 Å². The highest BCUT2D eigenvalue weighted by Crippen LogP contribution is 2.04. The molecule has 0 aromatic carbocycles. The molecule has 0 heterocycles. The molecule has 1 unspecified atom stereocenters. The topological polar surface area (TPSA) is 35.2 Å². The fourth-order valence-electron chi connectivity index (χ4n) is 1.01. The second-order valence-corrected chi connectivity index (χ2v) is 4.52. The molecule has 2 N–H and O–H groups in total. The highest BCUT2D eigenvalue weighted by molar-refractivity contribution is 4.63. The van der Waals surface area contributed by atoms with Gasteiger partial charge in [0.1, 0.15) is 0 Å². The Kier molecular flexibility index (Phi) is 7.29. The number of rotatable bonds is 7. The van der Waals surface area contributed by atoms with Crippen LogP contribution in [-0.4, -0.2) is 19.3 Å². The van der Waals surface area contributed by atoms with Crippen molar-refractivity contribution in [3.8, 4) is 0 Å². The molecule has 0 fully saturated rings. The van der Waals surface area contributed by atoms with Gasteiger partial charge in [0.25, 0.3) is 0 Å². The molecule has 2 nitrogen and oxygen atoms in total. The van der Waals surface area contributed by atoms with Gasteiger partial charge < -0.3 is 10.5 Å². The van der Waals surface area contributed by atoms with Gasteiger partial charge in [0.05, 0.1) is 6.61 Å². The molecule has 2 heteroatoms.